The molecular weight excluding hydrogens is 424 g/mol. The molecule has 2 heterocycles. The van der Waals surface area contributed by atoms with Crippen LogP contribution in [0.5, 0.6) is 5.75 Å². The molecule has 5 rings (SSSR count). The van der Waals surface area contributed by atoms with Crippen molar-refractivity contribution in [2.45, 2.75) is 26.3 Å². The van der Waals surface area contributed by atoms with Gasteiger partial charge in [-0.15, -0.1) is 0 Å². The third kappa shape index (κ3) is 4.21. The molecule has 0 atom stereocenters. The monoisotopic (exact) mass is 452 g/mol. The molecule has 2 aliphatic heterocycles. The highest BCUT2D eigenvalue weighted by molar-refractivity contribution is 6.35. The van der Waals surface area contributed by atoms with Gasteiger partial charge in [-0.2, -0.15) is 0 Å². The molecule has 5 nitrogen and oxygen atoms in total. The van der Waals surface area contributed by atoms with Crippen LogP contribution in [-0.4, -0.2) is 41.3 Å². The van der Waals surface area contributed by atoms with Gasteiger partial charge >= 0.3 is 0 Å². The minimum Gasteiger partial charge on any atom is -0.494 e. The molecule has 0 aromatic heterocycles. The van der Waals surface area contributed by atoms with Gasteiger partial charge < -0.3 is 9.64 Å². The smallest absolute Gasteiger partial charge is 0.277 e. The maximum atomic E-state index is 13.7. The predicted octanol–water partition coefficient (Wildman–Crippen LogP) is 4.47. The number of ether oxygens (including phenoxy) is 1. The molecule has 0 unspecified atom stereocenters. The van der Waals surface area contributed by atoms with Crippen LogP contribution in [0.15, 0.2) is 84.6 Å². The Morgan fingerprint density at radius 1 is 0.824 bits per heavy atom. The van der Waals surface area contributed by atoms with E-state index in [-0.39, 0.29) is 11.8 Å². The zero-order chi connectivity index (χ0) is 23.5. The molecule has 0 saturated heterocycles. The fraction of sp³-hybridized carbons (Fsp3) is 0.241. The van der Waals surface area contributed by atoms with Crippen LogP contribution in [0.1, 0.15) is 29.2 Å². The van der Waals surface area contributed by atoms with Crippen molar-refractivity contribution in [3.63, 3.8) is 0 Å². The van der Waals surface area contributed by atoms with E-state index in [1.807, 2.05) is 67.6 Å². The Balaban J connectivity index is 1.49. The van der Waals surface area contributed by atoms with Crippen molar-refractivity contribution >= 4 is 17.4 Å². The van der Waals surface area contributed by atoms with Crippen LogP contribution in [0, 0.1) is 0 Å². The third-order valence-corrected chi connectivity index (χ3v) is 6.51. The van der Waals surface area contributed by atoms with Crippen molar-refractivity contribution in [3.05, 3.63) is 107 Å². The third-order valence-electron chi connectivity index (χ3n) is 6.51. The molecule has 172 valence electrons. The summed E-state index contributed by atoms with van der Waals surface area (Å²) < 4.78 is 5.57. The first-order valence-corrected chi connectivity index (χ1v) is 11.8. The molecule has 34 heavy (non-hydrogen) atoms. The molecule has 0 aliphatic carbocycles. The molecular formula is C29H28N2O3. The zero-order valence-electron chi connectivity index (χ0n) is 19.4. The van der Waals surface area contributed by atoms with Gasteiger partial charge in [-0.05, 0) is 54.2 Å². The van der Waals surface area contributed by atoms with Crippen LogP contribution in [0.4, 0.5) is 0 Å². The van der Waals surface area contributed by atoms with E-state index < -0.39 is 0 Å². The lowest BCUT2D eigenvalue weighted by molar-refractivity contribution is -0.137. The predicted molar refractivity (Wildman–Crippen MR) is 132 cm³/mol. The van der Waals surface area contributed by atoms with Gasteiger partial charge in [0.1, 0.15) is 11.4 Å². The topological polar surface area (TPSA) is 49.9 Å². The van der Waals surface area contributed by atoms with Crippen LogP contribution in [-0.2, 0) is 29.0 Å². The molecule has 2 aliphatic rings. The van der Waals surface area contributed by atoms with E-state index in [4.69, 9.17) is 4.74 Å². The largest absolute Gasteiger partial charge is 0.494 e. The van der Waals surface area contributed by atoms with Crippen molar-refractivity contribution in [2.24, 2.45) is 0 Å². The van der Waals surface area contributed by atoms with Crippen molar-refractivity contribution in [1.29, 1.82) is 0 Å². The van der Waals surface area contributed by atoms with Crippen LogP contribution < -0.4 is 4.74 Å². The van der Waals surface area contributed by atoms with Crippen molar-refractivity contribution in [2.75, 3.05) is 19.7 Å². The molecule has 0 bridgehead atoms. The zero-order valence-corrected chi connectivity index (χ0v) is 19.4. The summed E-state index contributed by atoms with van der Waals surface area (Å²) in [6, 6.07) is 25.8. The van der Waals surface area contributed by atoms with E-state index in [2.05, 4.69) is 23.1 Å². The van der Waals surface area contributed by atoms with Crippen molar-refractivity contribution < 1.29 is 14.3 Å². The number of imide groups is 1. The minimum absolute atomic E-state index is 0.204. The molecule has 3 aromatic rings. The number of amides is 2. The Labute approximate surface area is 200 Å². The molecule has 2 amide bonds. The lowest BCUT2D eigenvalue weighted by Crippen LogP contribution is -2.38. The molecule has 0 spiro atoms. The SMILES string of the molecule is CCOc1ccc(C2=C(N3CCc4ccccc4C3)C(=O)N(CCc3ccccc3)C2=O)cc1. The Bertz CT molecular complexity index is 1230. The van der Waals surface area contributed by atoms with E-state index >= 15 is 0 Å². The minimum atomic E-state index is -0.223. The quantitative estimate of drug-likeness (QED) is 0.497. The number of rotatable bonds is 7. The van der Waals surface area contributed by atoms with Gasteiger partial charge in [0.05, 0.1) is 12.2 Å². The normalized spacial score (nSPS) is 15.7. The summed E-state index contributed by atoms with van der Waals surface area (Å²) in [4.78, 5) is 30.8. The van der Waals surface area contributed by atoms with Gasteiger partial charge in [-0.3, -0.25) is 14.5 Å². The number of benzene rings is 3. The molecule has 0 saturated carbocycles. The summed E-state index contributed by atoms with van der Waals surface area (Å²) in [6.07, 6.45) is 1.48. The first kappa shape index (κ1) is 22.0. The number of nitrogens with zero attached hydrogens (tertiary/aromatic N) is 2. The first-order valence-electron chi connectivity index (χ1n) is 11.8. The summed E-state index contributed by atoms with van der Waals surface area (Å²) >= 11 is 0. The Hall–Kier alpha value is -3.86. The fourth-order valence-electron chi connectivity index (χ4n) is 4.78. The van der Waals surface area contributed by atoms with Gasteiger partial charge in [0, 0.05) is 19.6 Å². The van der Waals surface area contributed by atoms with E-state index in [0.29, 0.717) is 43.9 Å². The molecule has 0 fully saturated rings. The van der Waals surface area contributed by atoms with E-state index in [9.17, 15) is 9.59 Å². The number of carbonyl (C=O) groups is 2. The molecule has 0 radical (unpaired) electrons. The average molecular weight is 453 g/mol. The van der Waals surface area contributed by atoms with Crippen LogP contribution in [0.3, 0.4) is 0 Å². The number of fused-ring (bicyclic) bond motifs is 1. The van der Waals surface area contributed by atoms with Crippen LogP contribution in [0.2, 0.25) is 0 Å². The standard InChI is InChI=1S/C29H28N2O3/c1-2-34-25-14-12-23(13-15-25)26-27(30-18-17-22-10-6-7-11-24(22)20-30)29(33)31(28(26)32)19-16-21-8-4-3-5-9-21/h3-15H,2,16-20H2,1H3. The molecule has 3 aromatic carbocycles. The highest BCUT2D eigenvalue weighted by Gasteiger charge is 2.41. The second-order valence-corrected chi connectivity index (χ2v) is 8.62. The average Bonchev–Trinajstić information content (AvgIpc) is 3.13. The molecule has 5 heteroatoms. The summed E-state index contributed by atoms with van der Waals surface area (Å²) in [5, 5.41) is 0. The second kappa shape index (κ2) is 9.56. The number of hydrogen-bond acceptors (Lipinski definition) is 4. The summed E-state index contributed by atoms with van der Waals surface area (Å²) in [6.45, 7) is 4.20. The maximum absolute atomic E-state index is 13.7. The first-order chi connectivity index (χ1) is 16.7. The van der Waals surface area contributed by atoms with E-state index in [1.165, 1.54) is 16.0 Å². The van der Waals surface area contributed by atoms with E-state index in [1.54, 1.807) is 0 Å². The van der Waals surface area contributed by atoms with Crippen LogP contribution in [0.25, 0.3) is 5.57 Å². The molecule has 0 N–H and O–H groups in total. The summed E-state index contributed by atoms with van der Waals surface area (Å²) in [5.41, 5.74) is 5.36. The van der Waals surface area contributed by atoms with Crippen molar-refractivity contribution in [3.8, 4) is 5.75 Å². The Morgan fingerprint density at radius 3 is 2.26 bits per heavy atom. The number of hydrogen-bond donors (Lipinski definition) is 0. The maximum Gasteiger partial charge on any atom is 0.277 e. The van der Waals surface area contributed by atoms with Crippen LogP contribution >= 0.6 is 0 Å². The second-order valence-electron chi connectivity index (χ2n) is 8.62. The Morgan fingerprint density at radius 2 is 1.53 bits per heavy atom. The summed E-state index contributed by atoms with van der Waals surface area (Å²) in [7, 11) is 0. The van der Waals surface area contributed by atoms with Gasteiger partial charge in [-0.25, -0.2) is 0 Å². The van der Waals surface area contributed by atoms with Gasteiger partial charge in [0.25, 0.3) is 11.8 Å². The lowest BCUT2D eigenvalue weighted by atomic mass is 9.98. The van der Waals surface area contributed by atoms with Gasteiger partial charge in [0.2, 0.25) is 0 Å². The van der Waals surface area contributed by atoms with Gasteiger partial charge in [-0.1, -0.05) is 66.7 Å². The highest BCUT2D eigenvalue weighted by Crippen LogP contribution is 2.35. The lowest BCUT2D eigenvalue weighted by Gasteiger charge is -2.31. The van der Waals surface area contributed by atoms with Crippen molar-refractivity contribution in [1.82, 2.24) is 9.80 Å². The Kier molecular flexibility index (Phi) is 6.17. The van der Waals surface area contributed by atoms with Gasteiger partial charge in [0.15, 0.2) is 0 Å². The fourth-order valence-corrected chi connectivity index (χ4v) is 4.78. The number of carbonyl (C=O) groups excluding carboxylic acids is 2. The highest BCUT2D eigenvalue weighted by atomic mass is 16.5. The summed E-state index contributed by atoms with van der Waals surface area (Å²) in [5.74, 6) is 0.321. The van der Waals surface area contributed by atoms with E-state index in [0.717, 1.165) is 23.3 Å².